The highest BCUT2D eigenvalue weighted by Crippen LogP contribution is 2.52. The Kier molecular flexibility index (Phi) is 4.52. The van der Waals surface area contributed by atoms with Crippen LogP contribution in [-0.4, -0.2) is 35.8 Å². The van der Waals surface area contributed by atoms with E-state index in [2.05, 4.69) is 63.1 Å². The van der Waals surface area contributed by atoms with Gasteiger partial charge in [-0.3, -0.25) is 9.78 Å². The first kappa shape index (κ1) is 20.3. The summed E-state index contributed by atoms with van der Waals surface area (Å²) in [6.07, 6.45) is 5.70. The summed E-state index contributed by atoms with van der Waals surface area (Å²) < 4.78 is 5.67. The summed E-state index contributed by atoms with van der Waals surface area (Å²) in [5.41, 5.74) is 6.13. The van der Waals surface area contributed by atoms with Crippen LogP contribution in [0.2, 0.25) is 0 Å². The Morgan fingerprint density at radius 2 is 2.09 bits per heavy atom. The molecule has 0 bridgehead atoms. The Morgan fingerprint density at radius 1 is 1.21 bits per heavy atom. The number of azo groups is 1. The van der Waals surface area contributed by atoms with Crippen LogP contribution < -0.4 is 10.6 Å². The molecule has 0 radical (unpaired) electrons. The van der Waals surface area contributed by atoms with E-state index >= 15 is 0 Å². The minimum Gasteiger partial charge on any atom is -0.379 e. The number of amides is 1. The van der Waals surface area contributed by atoms with E-state index in [-0.39, 0.29) is 17.6 Å². The number of rotatable bonds is 3. The van der Waals surface area contributed by atoms with E-state index in [0.29, 0.717) is 13.2 Å². The van der Waals surface area contributed by atoms with E-state index in [1.165, 1.54) is 0 Å². The van der Waals surface area contributed by atoms with E-state index in [9.17, 15) is 4.79 Å². The number of nitrogens with zero attached hydrogens (tertiary/aromatic N) is 3. The zero-order valence-electron chi connectivity index (χ0n) is 18.9. The molecule has 0 aliphatic carbocycles. The quantitative estimate of drug-likeness (QED) is 0.756. The molecule has 7 nitrogen and oxygen atoms in total. The van der Waals surface area contributed by atoms with Gasteiger partial charge in [0.15, 0.2) is 6.17 Å². The number of benzene rings is 1. The summed E-state index contributed by atoms with van der Waals surface area (Å²) in [6, 6.07) is 12.6. The average Bonchev–Trinajstić information content (AvgIpc) is 3.47. The van der Waals surface area contributed by atoms with Crippen molar-refractivity contribution in [2.24, 2.45) is 10.2 Å². The van der Waals surface area contributed by atoms with E-state index in [0.717, 1.165) is 58.5 Å². The maximum absolute atomic E-state index is 13.8. The normalized spacial score (nSPS) is 30.1. The first-order valence-electron chi connectivity index (χ1n) is 11.6. The monoisotopic (exact) mass is 441 g/mol. The van der Waals surface area contributed by atoms with Gasteiger partial charge in [0.25, 0.3) is 5.91 Å². The molecule has 1 unspecified atom stereocenters. The Morgan fingerprint density at radius 3 is 2.88 bits per heavy atom. The SMILES string of the molecule is CC[C@@]1(c2cccc(-c3ccnc(C)c3)c2)C2=CN=NC2NC2=C1C(=O)N[C@@]1(CCOC1)C2. The minimum atomic E-state index is -0.599. The molecule has 33 heavy (non-hydrogen) atoms. The van der Waals surface area contributed by atoms with E-state index < -0.39 is 5.41 Å². The third-order valence-corrected chi connectivity index (χ3v) is 7.55. The number of carbonyl (C=O) groups is 1. The standard InChI is InChI=1S/C26H27N5O2/c1-3-26(19-6-4-5-17(12-19)18-7-9-27-16(2)11-18)20-14-28-31-23(20)29-21-13-25(8-10-33-15-25)30-24(32)22(21)26/h4-7,9,11-12,14,23,29H,3,8,10,13,15H2,1-2H3,(H,30,32)/t23?,25-,26+/m0/s1. The Bertz CT molecular complexity index is 1240. The molecule has 0 saturated carbocycles. The van der Waals surface area contributed by atoms with Crippen LogP contribution in [0.15, 0.2) is 75.9 Å². The van der Waals surface area contributed by atoms with E-state index in [1.54, 1.807) is 0 Å². The maximum Gasteiger partial charge on any atom is 0.250 e. The smallest absolute Gasteiger partial charge is 0.250 e. The Balaban J connectivity index is 1.54. The van der Waals surface area contributed by atoms with Crippen molar-refractivity contribution >= 4 is 5.91 Å². The van der Waals surface area contributed by atoms with Crippen LogP contribution in [0.5, 0.6) is 0 Å². The minimum absolute atomic E-state index is 0.0208. The average molecular weight is 442 g/mol. The second kappa shape index (κ2) is 7.35. The number of pyridine rings is 1. The highest BCUT2D eigenvalue weighted by molar-refractivity contribution is 6.00. The van der Waals surface area contributed by atoms with Gasteiger partial charge >= 0.3 is 0 Å². The fourth-order valence-electron chi connectivity index (χ4n) is 5.97. The number of fused-ring (bicyclic) bond motifs is 1. The third kappa shape index (κ3) is 2.99. The van der Waals surface area contributed by atoms with E-state index in [4.69, 9.17) is 4.74 Å². The predicted molar refractivity (Wildman–Crippen MR) is 124 cm³/mol. The van der Waals surface area contributed by atoms with Crippen molar-refractivity contribution in [1.82, 2.24) is 15.6 Å². The van der Waals surface area contributed by atoms with Crippen molar-refractivity contribution in [3.8, 4) is 11.1 Å². The summed E-state index contributed by atoms with van der Waals surface area (Å²) in [7, 11) is 0. The van der Waals surface area contributed by atoms with Crippen molar-refractivity contribution in [3.63, 3.8) is 0 Å². The molecule has 1 saturated heterocycles. The van der Waals surface area contributed by atoms with Crippen molar-refractivity contribution in [2.75, 3.05) is 13.2 Å². The molecule has 7 heteroatoms. The molecule has 1 spiro atoms. The van der Waals surface area contributed by atoms with Crippen LogP contribution in [0, 0.1) is 6.92 Å². The van der Waals surface area contributed by atoms with Gasteiger partial charge in [0.05, 0.1) is 29.3 Å². The van der Waals surface area contributed by atoms with Crippen LogP contribution >= 0.6 is 0 Å². The molecular formula is C26H27N5O2. The zero-order valence-corrected chi connectivity index (χ0v) is 18.9. The molecule has 4 aliphatic rings. The molecule has 5 heterocycles. The molecular weight excluding hydrogens is 414 g/mol. The summed E-state index contributed by atoms with van der Waals surface area (Å²) in [5.74, 6) is -0.0208. The summed E-state index contributed by atoms with van der Waals surface area (Å²) in [5, 5.41) is 15.6. The lowest BCUT2D eigenvalue weighted by atomic mass is 9.61. The van der Waals surface area contributed by atoms with Crippen molar-refractivity contribution in [2.45, 2.75) is 50.2 Å². The molecule has 1 aromatic carbocycles. The molecule has 6 rings (SSSR count). The van der Waals surface area contributed by atoms with Crippen LogP contribution in [0.4, 0.5) is 0 Å². The summed E-state index contributed by atoms with van der Waals surface area (Å²) >= 11 is 0. The molecule has 168 valence electrons. The first-order valence-corrected chi connectivity index (χ1v) is 11.6. The van der Waals surface area contributed by atoms with Gasteiger partial charge in [-0.2, -0.15) is 10.2 Å². The Hall–Kier alpha value is -3.32. The van der Waals surface area contributed by atoms with Crippen LogP contribution in [0.1, 0.15) is 37.4 Å². The highest BCUT2D eigenvalue weighted by atomic mass is 16.5. The fourth-order valence-corrected chi connectivity index (χ4v) is 5.97. The molecule has 4 aliphatic heterocycles. The van der Waals surface area contributed by atoms with Gasteiger partial charge in [0, 0.05) is 36.2 Å². The second-order valence-electron chi connectivity index (χ2n) is 9.46. The third-order valence-electron chi connectivity index (χ3n) is 7.55. The highest BCUT2D eigenvalue weighted by Gasteiger charge is 2.55. The van der Waals surface area contributed by atoms with Gasteiger partial charge in [-0.15, -0.1) is 0 Å². The number of carbonyl (C=O) groups excluding carboxylic acids is 1. The summed E-state index contributed by atoms with van der Waals surface area (Å²) in [4.78, 5) is 18.1. The van der Waals surface area contributed by atoms with Crippen molar-refractivity contribution < 1.29 is 9.53 Å². The van der Waals surface area contributed by atoms with E-state index in [1.807, 2.05) is 25.4 Å². The topological polar surface area (TPSA) is 88.0 Å². The number of ether oxygens (including phenoxy) is 1. The lowest BCUT2D eigenvalue weighted by Gasteiger charge is -2.48. The Labute approximate surface area is 193 Å². The molecule has 1 aromatic heterocycles. The lowest BCUT2D eigenvalue weighted by molar-refractivity contribution is -0.121. The molecule has 1 amide bonds. The van der Waals surface area contributed by atoms with Crippen molar-refractivity contribution in [1.29, 1.82) is 0 Å². The van der Waals surface area contributed by atoms with Crippen LogP contribution in [-0.2, 0) is 14.9 Å². The number of hydrogen-bond acceptors (Lipinski definition) is 6. The maximum atomic E-state index is 13.8. The molecule has 2 N–H and O–H groups in total. The van der Waals surface area contributed by atoms with Crippen LogP contribution in [0.3, 0.4) is 0 Å². The van der Waals surface area contributed by atoms with Gasteiger partial charge in [-0.25, -0.2) is 0 Å². The molecule has 3 atom stereocenters. The molecule has 2 aromatic rings. The number of aryl methyl sites for hydroxylation is 1. The lowest BCUT2D eigenvalue weighted by Crippen LogP contribution is -2.60. The second-order valence-corrected chi connectivity index (χ2v) is 9.46. The van der Waals surface area contributed by atoms with Gasteiger partial charge < -0.3 is 15.4 Å². The number of aromatic nitrogens is 1. The first-order chi connectivity index (χ1) is 16.0. The fraction of sp³-hybridized carbons (Fsp3) is 0.385. The van der Waals surface area contributed by atoms with Gasteiger partial charge in [0.2, 0.25) is 0 Å². The van der Waals surface area contributed by atoms with Crippen LogP contribution in [0.25, 0.3) is 11.1 Å². The van der Waals surface area contributed by atoms with Crippen molar-refractivity contribution in [3.05, 3.63) is 76.9 Å². The van der Waals surface area contributed by atoms with Gasteiger partial charge in [-0.05, 0) is 54.7 Å². The largest absolute Gasteiger partial charge is 0.379 e. The van der Waals surface area contributed by atoms with Gasteiger partial charge in [0.1, 0.15) is 0 Å². The zero-order chi connectivity index (χ0) is 22.6. The molecule has 1 fully saturated rings. The number of nitrogens with one attached hydrogen (secondary N) is 2. The predicted octanol–water partition coefficient (Wildman–Crippen LogP) is 3.92. The van der Waals surface area contributed by atoms with Gasteiger partial charge in [-0.1, -0.05) is 25.1 Å². The summed E-state index contributed by atoms with van der Waals surface area (Å²) in [6.45, 7) is 5.36. The number of hydrogen-bond donors (Lipinski definition) is 2.